The molecule has 0 bridgehead atoms. The van der Waals surface area contributed by atoms with Gasteiger partial charge in [0.2, 0.25) is 0 Å². The Bertz CT molecular complexity index is 731. The maximum absolute atomic E-state index is 5.58. The van der Waals surface area contributed by atoms with E-state index < -0.39 is 0 Å². The number of nitrogens with zero attached hydrogens (tertiary/aromatic N) is 1. The van der Waals surface area contributed by atoms with Crippen LogP contribution in [0.2, 0.25) is 0 Å². The second kappa shape index (κ2) is 6.10. The Morgan fingerprint density at radius 3 is 2.81 bits per heavy atom. The van der Waals surface area contributed by atoms with Crippen molar-refractivity contribution in [2.75, 3.05) is 0 Å². The molecule has 3 nitrogen and oxygen atoms in total. The molecule has 0 aliphatic rings. The van der Waals surface area contributed by atoms with Crippen molar-refractivity contribution in [3.05, 3.63) is 65.7 Å². The highest BCUT2D eigenvalue weighted by molar-refractivity contribution is 5.78. The van der Waals surface area contributed by atoms with Gasteiger partial charge in [-0.3, -0.25) is 4.98 Å². The first-order valence-corrected chi connectivity index (χ1v) is 7.35. The summed E-state index contributed by atoms with van der Waals surface area (Å²) in [7, 11) is 0. The van der Waals surface area contributed by atoms with E-state index in [2.05, 4.69) is 43.4 Å². The third-order valence-electron chi connectivity index (χ3n) is 3.54. The molecule has 0 amide bonds. The van der Waals surface area contributed by atoms with Crippen molar-refractivity contribution in [2.24, 2.45) is 0 Å². The summed E-state index contributed by atoms with van der Waals surface area (Å²) >= 11 is 0. The van der Waals surface area contributed by atoms with Crippen LogP contribution in [0.4, 0.5) is 0 Å². The molecular weight excluding hydrogens is 260 g/mol. The molecule has 2 heterocycles. The van der Waals surface area contributed by atoms with E-state index in [1.807, 2.05) is 18.2 Å². The minimum absolute atomic E-state index is 0.446. The molecule has 108 valence electrons. The Kier molecular flexibility index (Phi) is 4.02. The molecule has 3 heteroatoms. The lowest BCUT2D eigenvalue weighted by molar-refractivity contribution is 0.461. The van der Waals surface area contributed by atoms with Gasteiger partial charge in [-0.2, -0.15) is 0 Å². The van der Waals surface area contributed by atoms with Crippen LogP contribution >= 0.6 is 0 Å². The zero-order valence-electron chi connectivity index (χ0n) is 12.5. The Morgan fingerprint density at radius 2 is 1.95 bits per heavy atom. The minimum atomic E-state index is 0.446. The molecule has 0 aliphatic heterocycles. The molecule has 21 heavy (non-hydrogen) atoms. The molecule has 3 rings (SSSR count). The van der Waals surface area contributed by atoms with Gasteiger partial charge in [0.15, 0.2) is 0 Å². The number of aromatic nitrogens is 1. The average molecular weight is 280 g/mol. The van der Waals surface area contributed by atoms with Crippen LogP contribution in [0, 0.1) is 0 Å². The SMILES string of the molecule is CC(C)NCc1occc1Cc1ccc2ccccc2n1. The fraction of sp³-hybridized carbons (Fsp3) is 0.278. The molecular formula is C18H20N2O. The van der Waals surface area contributed by atoms with E-state index in [4.69, 9.17) is 9.40 Å². The van der Waals surface area contributed by atoms with Crippen molar-refractivity contribution in [1.82, 2.24) is 10.3 Å². The normalized spacial score (nSPS) is 11.4. The van der Waals surface area contributed by atoms with E-state index in [0.717, 1.165) is 29.9 Å². The molecule has 0 atom stereocenters. The average Bonchev–Trinajstić information content (AvgIpc) is 2.92. The molecule has 0 unspecified atom stereocenters. The highest BCUT2D eigenvalue weighted by Crippen LogP contribution is 2.17. The summed E-state index contributed by atoms with van der Waals surface area (Å²) in [6.07, 6.45) is 2.56. The molecule has 0 fully saturated rings. The van der Waals surface area contributed by atoms with Crippen molar-refractivity contribution in [2.45, 2.75) is 32.9 Å². The number of hydrogen-bond acceptors (Lipinski definition) is 3. The monoisotopic (exact) mass is 280 g/mol. The van der Waals surface area contributed by atoms with Gasteiger partial charge in [-0.05, 0) is 18.2 Å². The topological polar surface area (TPSA) is 38.1 Å². The first-order valence-electron chi connectivity index (χ1n) is 7.35. The quantitative estimate of drug-likeness (QED) is 0.770. The fourth-order valence-corrected chi connectivity index (χ4v) is 2.38. The van der Waals surface area contributed by atoms with Crippen molar-refractivity contribution < 1.29 is 4.42 Å². The van der Waals surface area contributed by atoms with Gasteiger partial charge < -0.3 is 9.73 Å². The largest absolute Gasteiger partial charge is 0.468 e. The van der Waals surface area contributed by atoms with Crippen LogP contribution in [0.15, 0.2) is 53.1 Å². The summed E-state index contributed by atoms with van der Waals surface area (Å²) in [5.41, 5.74) is 3.31. The predicted molar refractivity (Wildman–Crippen MR) is 85.2 cm³/mol. The molecule has 0 saturated carbocycles. The second-order valence-electron chi connectivity index (χ2n) is 5.58. The maximum atomic E-state index is 5.58. The van der Waals surface area contributed by atoms with Crippen molar-refractivity contribution in [3.63, 3.8) is 0 Å². The fourth-order valence-electron chi connectivity index (χ4n) is 2.38. The Morgan fingerprint density at radius 1 is 1.10 bits per heavy atom. The Labute approximate surface area is 125 Å². The van der Waals surface area contributed by atoms with E-state index in [9.17, 15) is 0 Å². The number of para-hydroxylation sites is 1. The summed E-state index contributed by atoms with van der Waals surface area (Å²) in [6, 6.07) is 14.9. The minimum Gasteiger partial charge on any atom is -0.468 e. The van der Waals surface area contributed by atoms with Crippen LogP contribution in [0.5, 0.6) is 0 Å². The zero-order chi connectivity index (χ0) is 14.7. The number of pyridine rings is 1. The number of rotatable bonds is 5. The Balaban J connectivity index is 1.80. The summed E-state index contributed by atoms with van der Waals surface area (Å²) in [6.45, 7) is 5.02. The van der Waals surface area contributed by atoms with Crippen molar-refractivity contribution in [3.8, 4) is 0 Å². The van der Waals surface area contributed by atoms with Crippen molar-refractivity contribution >= 4 is 10.9 Å². The third-order valence-corrected chi connectivity index (χ3v) is 3.54. The van der Waals surface area contributed by atoms with Crippen LogP contribution in [-0.2, 0) is 13.0 Å². The summed E-state index contributed by atoms with van der Waals surface area (Å²) in [5.74, 6) is 0.999. The molecule has 1 aromatic carbocycles. The van der Waals surface area contributed by atoms with Crippen LogP contribution in [0.3, 0.4) is 0 Å². The van der Waals surface area contributed by atoms with Gasteiger partial charge >= 0.3 is 0 Å². The maximum Gasteiger partial charge on any atom is 0.121 e. The molecule has 1 N–H and O–H groups in total. The number of nitrogens with one attached hydrogen (secondary N) is 1. The number of benzene rings is 1. The lowest BCUT2D eigenvalue weighted by atomic mass is 10.1. The third kappa shape index (κ3) is 3.31. The lowest BCUT2D eigenvalue weighted by Crippen LogP contribution is -2.22. The summed E-state index contributed by atoms with van der Waals surface area (Å²) in [5, 5.41) is 4.57. The number of hydrogen-bond donors (Lipinski definition) is 1. The molecule has 3 aromatic rings. The van der Waals surface area contributed by atoms with Gasteiger partial charge in [0.25, 0.3) is 0 Å². The first-order chi connectivity index (χ1) is 10.2. The molecule has 0 aliphatic carbocycles. The van der Waals surface area contributed by atoms with Crippen LogP contribution in [-0.4, -0.2) is 11.0 Å². The van der Waals surface area contributed by atoms with Gasteiger partial charge in [-0.15, -0.1) is 0 Å². The van der Waals surface area contributed by atoms with Gasteiger partial charge in [-0.25, -0.2) is 0 Å². The molecule has 0 radical (unpaired) electrons. The van der Waals surface area contributed by atoms with E-state index in [-0.39, 0.29) is 0 Å². The van der Waals surface area contributed by atoms with Crippen molar-refractivity contribution in [1.29, 1.82) is 0 Å². The zero-order valence-corrected chi connectivity index (χ0v) is 12.5. The molecule has 2 aromatic heterocycles. The lowest BCUT2D eigenvalue weighted by Gasteiger charge is -2.08. The van der Waals surface area contributed by atoms with Crippen LogP contribution in [0.25, 0.3) is 10.9 Å². The van der Waals surface area contributed by atoms with Gasteiger partial charge in [0.1, 0.15) is 5.76 Å². The van der Waals surface area contributed by atoms with Crippen LogP contribution < -0.4 is 5.32 Å². The van der Waals surface area contributed by atoms with Gasteiger partial charge in [0, 0.05) is 29.1 Å². The first kappa shape index (κ1) is 13.8. The summed E-state index contributed by atoms with van der Waals surface area (Å²) < 4.78 is 5.58. The van der Waals surface area contributed by atoms with E-state index in [1.165, 1.54) is 10.9 Å². The van der Waals surface area contributed by atoms with E-state index in [1.54, 1.807) is 6.26 Å². The number of furan rings is 1. The second-order valence-corrected chi connectivity index (χ2v) is 5.58. The highest BCUT2D eigenvalue weighted by atomic mass is 16.3. The van der Waals surface area contributed by atoms with E-state index in [0.29, 0.717) is 6.04 Å². The smallest absolute Gasteiger partial charge is 0.121 e. The highest BCUT2D eigenvalue weighted by Gasteiger charge is 2.09. The van der Waals surface area contributed by atoms with E-state index >= 15 is 0 Å². The Hall–Kier alpha value is -2.13. The molecule has 0 spiro atoms. The standard InChI is InChI=1S/C18H20N2O/c1-13(2)19-12-18-15(9-10-21-18)11-16-8-7-14-5-3-4-6-17(14)20-16/h3-10,13,19H,11-12H2,1-2H3. The predicted octanol–water partition coefficient (Wildman–Crippen LogP) is 3.92. The molecule has 0 saturated heterocycles. The van der Waals surface area contributed by atoms with Gasteiger partial charge in [0.05, 0.1) is 18.3 Å². The number of fused-ring (bicyclic) bond motifs is 1. The summed E-state index contributed by atoms with van der Waals surface area (Å²) in [4.78, 5) is 4.72. The van der Waals surface area contributed by atoms with Gasteiger partial charge in [-0.1, -0.05) is 38.1 Å². The van der Waals surface area contributed by atoms with Crippen LogP contribution in [0.1, 0.15) is 30.9 Å².